The Morgan fingerprint density at radius 1 is 1.58 bits per heavy atom. The third kappa shape index (κ3) is 3.12. The molecule has 1 aliphatic heterocycles. The first kappa shape index (κ1) is 14.8. The fourth-order valence-electron chi connectivity index (χ4n) is 2.16. The molecular formula is C14H17BrClNO2. The molecule has 1 aromatic carbocycles. The first-order valence-electron chi connectivity index (χ1n) is 6.28. The van der Waals surface area contributed by atoms with Gasteiger partial charge in [-0.05, 0) is 41.4 Å². The van der Waals surface area contributed by atoms with Gasteiger partial charge in [0.2, 0.25) is 0 Å². The fraction of sp³-hybridized carbons (Fsp3) is 0.500. The van der Waals surface area contributed by atoms with E-state index in [-0.39, 0.29) is 18.1 Å². The SMILES string of the molecule is Cc1cccc(C(=O)N2CC(CCl)OCC2C)c1Br. The molecule has 1 saturated heterocycles. The lowest BCUT2D eigenvalue weighted by Crippen LogP contribution is -2.51. The number of halogens is 2. The Kier molecular flexibility index (Phi) is 4.87. The monoisotopic (exact) mass is 345 g/mol. The topological polar surface area (TPSA) is 29.5 Å². The van der Waals surface area contributed by atoms with Crippen molar-refractivity contribution in [2.45, 2.75) is 26.0 Å². The van der Waals surface area contributed by atoms with Crippen LogP contribution in [0.2, 0.25) is 0 Å². The molecule has 19 heavy (non-hydrogen) atoms. The van der Waals surface area contributed by atoms with E-state index in [1.165, 1.54) is 0 Å². The largest absolute Gasteiger partial charge is 0.373 e. The summed E-state index contributed by atoms with van der Waals surface area (Å²) in [6.07, 6.45) is -0.0783. The predicted octanol–water partition coefficient (Wildman–Crippen LogP) is 3.23. The Balaban J connectivity index is 2.24. The molecule has 0 saturated carbocycles. The number of aryl methyl sites for hydroxylation is 1. The third-order valence-corrected chi connectivity index (χ3v) is 4.76. The van der Waals surface area contributed by atoms with Crippen LogP contribution in [0.4, 0.5) is 0 Å². The number of hydrogen-bond donors (Lipinski definition) is 0. The van der Waals surface area contributed by atoms with Gasteiger partial charge in [-0.15, -0.1) is 11.6 Å². The van der Waals surface area contributed by atoms with Crippen LogP contribution in [0.25, 0.3) is 0 Å². The summed E-state index contributed by atoms with van der Waals surface area (Å²) in [5.41, 5.74) is 1.75. The Bertz CT molecular complexity index is 481. The highest BCUT2D eigenvalue weighted by Crippen LogP contribution is 2.24. The minimum Gasteiger partial charge on any atom is -0.373 e. The summed E-state index contributed by atoms with van der Waals surface area (Å²) in [5, 5.41) is 0. The van der Waals surface area contributed by atoms with Crippen molar-refractivity contribution in [2.75, 3.05) is 19.0 Å². The number of hydrogen-bond acceptors (Lipinski definition) is 2. The molecule has 0 bridgehead atoms. The number of alkyl halides is 1. The van der Waals surface area contributed by atoms with E-state index in [1.807, 2.05) is 36.9 Å². The van der Waals surface area contributed by atoms with Gasteiger partial charge in [0, 0.05) is 11.0 Å². The van der Waals surface area contributed by atoms with Crippen LogP contribution in [0.1, 0.15) is 22.8 Å². The number of nitrogens with zero attached hydrogens (tertiary/aromatic N) is 1. The molecule has 2 unspecified atom stereocenters. The van der Waals surface area contributed by atoms with Crippen LogP contribution in [0.15, 0.2) is 22.7 Å². The third-order valence-electron chi connectivity index (χ3n) is 3.36. The number of ether oxygens (including phenoxy) is 1. The summed E-state index contributed by atoms with van der Waals surface area (Å²) >= 11 is 9.32. The second-order valence-electron chi connectivity index (χ2n) is 4.85. The molecule has 2 atom stereocenters. The molecule has 0 radical (unpaired) electrons. The van der Waals surface area contributed by atoms with Gasteiger partial charge >= 0.3 is 0 Å². The number of benzene rings is 1. The van der Waals surface area contributed by atoms with E-state index < -0.39 is 0 Å². The molecule has 0 spiro atoms. The van der Waals surface area contributed by atoms with Crippen LogP contribution >= 0.6 is 27.5 Å². The van der Waals surface area contributed by atoms with Gasteiger partial charge in [0.05, 0.1) is 30.2 Å². The quantitative estimate of drug-likeness (QED) is 0.770. The van der Waals surface area contributed by atoms with Crippen molar-refractivity contribution >= 4 is 33.4 Å². The van der Waals surface area contributed by atoms with E-state index in [2.05, 4.69) is 15.9 Å². The minimum atomic E-state index is -0.0783. The lowest BCUT2D eigenvalue weighted by molar-refractivity contribution is -0.0372. The van der Waals surface area contributed by atoms with E-state index in [4.69, 9.17) is 16.3 Å². The van der Waals surface area contributed by atoms with Crippen molar-refractivity contribution in [2.24, 2.45) is 0 Å². The van der Waals surface area contributed by atoms with Crippen molar-refractivity contribution < 1.29 is 9.53 Å². The number of morpholine rings is 1. The van der Waals surface area contributed by atoms with Gasteiger partial charge in [-0.25, -0.2) is 0 Å². The van der Waals surface area contributed by atoms with E-state index in [0.29, 0.717) is 24.6 Å². The maximum absolute atomic E-state index is 12.6. The second-order valence-corrected chi connectivity index (χ2v) is 5.95. The normalized spacial score (nSPS) is 23.5. The molecule has 0 aromatic heterocycles. The Labute approximate surface area is 127 Å². The highest BCUT2D eigenvalue weighted by molar-refractivity contribution is 9.10. The van der Waals surface area contributed by atoms with E-state index in [0.717, 1.165) is 10.0 Å². The van der Waals surface area contributed by atoms with Crippen LogP contribution in [-0.2, 0) is 4.74 Å². The zero-order valence-corrected chi connectivity index (χ0v) is 13.4. The fourth-order valence-corrected chi connectivity index (χ4v) is 2.78. The molecule has 1 amide bonds. The first-order chi connectivity index (χ1) is 9.04. The average molecular weight is 347 g/mol. The molecule has 0 aliphatic carbocycles. The summed E-state index contributed by atoms with van der Waals surface area (Å²) in [7, 11) is 0. The summed E-state index contributed by atoms with van der Waals surface area (Å²) < 4.78 is 6.43. The lowest BCUT2D eigenvalue weighted by Gasteiger charge is -2.37. The van der Waals surface area contributed by atoms with Gasteiger partial charge < -0.3 is 9.64 Å². The number of carbonyl (C=O) groups excluding carboxylic acids is 1. The Hall–Kier alpha value is -0.580. The second kappa shape index (κ2) is 6.25. The lowest BCUT2D eigenvalue weighted by atomic mass is 10.1. The van der Waals surface area contributed by atoms with Gasteiger partial charge in [-0.2, -0.15) is 0 Å². The van der Waals surface area contributed by atoms with Crippen molar-refractivity contribution in [1.29, 1.82) is 0 Å². The highest BCUT2D eigenvalue weighted by atomic mass is 79.9. The molecule has 104 valence electrons. The molecule has 1 heterocycles. The number of carbonyl (C=O) groups is 1. The number of amides is 1. The molecule has 0 N–H and O–H groups in total. The number of rotatable bonds is 2. The van der Waals surface area contributed by atoms with Crippen molar-refractivity contribution in [1.82, 2.24) is 4.90 Å². The Morgan fingerprint density at radius 3 is 3.00 bits per heavy atom. The molecular weight excluding hydrogens is 330 g/mol. The molecule has 2 rings (SSSR count). The standard InChI is InChI=1S/C14H17BrClNO2/c1-9-4-3-5-12(13(9)15)14(18)17-7-11(6-16)19-8-10(17)2/h3-5,10-11H,6-8H2,1-2H3. The summed E-state index contributed by atoms with van der Waals surface area (Å²) in [6.45, 7) is 5.05. The predicted molar refractivity (Wildman–Crippen MR) is 79.8 cm³/mol. The van der Waals surface area contributed by atoms with Crippen LogP contribution in [0.5, 0.6) is 0 Å². The van der Waals surface area contributed by atoms with Gasteiger partial charge in [-0.3, -0.25) is 4.79 Å². The summed E-state index contributed by atoms with van der Waals surface area (Å²) in [4.78, 5) is 14.5. The van der Waals surface area contributed by atoms with Crippen LogP contribution in [0.3, 0.4) is 0 Å². The van der Waals surface area contributed by atoms with Crippen LogP contribution in [-0.4, -0.2) is 42.0 Å². The van der Waals surface area contributed by atoms with Gasteiger partial charge in [0.25, 0.3) is 5.91 Å². The van der Waals surface area contributed by atoms with Crippen molar-refractivity contribution in [3.8, 4) is 0 Å². The minimum absolute atomic E-state index is 0.0292. The molecule has 5 heteroatoms. The molecule has 1 fully saturated rings. The first-order valence-corrected chi connectivity index (χ1v) is 7.61. The molecule has 3 nitrogen and oxygen atoms in total. The zero-order valence-electron chi connectivity index (χ0n) is 11.0. The van der Waals surface area contributed by atoms with E-state index >= 15 is 0 Å². The zero-order chi connectivity index (χ0) is 14.0. The summed E-state index contributed by atoms with van der Waals surface area (Å²) in [5.74, 6) is 0.437. The van der Waals surface area contributed by atoms with E-state index in [1.54, 1.807) is 0 Å². The van der Waals surface area contributed by atoms with E-state index in [9.17, 15) is 4.79 Å². The average Bonchev–Trinajstić information content (AvgIpc) is 2.42. The van der Waals surface area contributed by atoms with Crippen molar-refractivity contribution in [3.05, 3.63) is 33.8 Å². The van der Waals surface area contributed by atoms with Gasteiger partial charge in [0.15, 0.2) is 0 Å². The van der Waals surface area contributed by atoms with Crippen molar-refractivity contribution in [3.63, 3.8) is 0 Å². The van der Waals surface area contributed by atoms with Gasteiger partial charge in [-0.1, -0.05) is 12.1 Å². The smallest absolute Gasteiger partial charge is 0.255 e. The Morgan fingerprint density at radius 2 is 2.32 bits per heavy atom. The highest BCUT2D eigenvalue weighted by Gasteiger charge is 2.30. The maximum atomic E-state index is 12.6. The van der Waals surface area contributed by atoms with Gasteiger partial charge in [0.1, 0.15) is 0 Å². The van der Waals surface area contributed by atoms with Crippen LogP contribution < -0.4 is 0 Å². The molecule has 1 aliphatic rings. The molecule has 1 aromatic rings. The summed E-state index contributed by atoms with van der Waals surface area (Å²) in [6, 6.07) is 5.79. The van der Waals surface area contributed by atoms with Crippen LogP contribution in [0, 0.1) is 6.92 Å². The maximum Gasteiger partial charge on any atom is 0.255 e.